The number of nitrogens with one attached hydrogen (secondary N) is 1. The van der Waals surface area contributed by atoms with Gasteiger partial charge in [-0.3, -0.25) is 0 Å². The molecule has 7 nitrogen and oxygen atoms in total. The van der Waals surface area contributed by atoms with Crippen LogP contribution in [0.25, 0.3) is 22.0 Å². The molecule has 0 amide bonds. The van der Waals surface area contributed by atoms with E-state index in [1.54, 1.807) is 6.92 Å². The second-order valence-electron chi connectivity index (χ2n) is 12.6. The maximum Gasteiger partial charge on any atom is 0.417 e. The van der Waals surface area contributed by atoms with Gasteiger partial charge in [0.05, 0.1) is 16.8 Å². The summed E-state index contributed by atoms with van der Waals surface area (Å²) in [6, 6.07) is 1.44. The minimum Gasteiger partial charge on any atom is -0.463 e. The van der Waals surface area contributed by atoms with Crippen molar-refractivity contribution in [1.82, 2.24) is 20.2 Å². The number of rotatable bonds is 5. The van der Waals surface area contributed by atoms with Crippen LogP contribution in [0, 0.1) is 29.8 Å². The fourth-order valence-corrected chi connectivity index (χ4v) is 6.93. The highest BCUT2D eigenvalue weighted by atomic mass is 19.4. The van der Waals surface area contributed by atoms with Crippen molar-refractivity contribution >= 4 is 22.4 Å². The first kappa shape index (κ1) is 30.6. The highest BCUT2D eigenvalue weighted by molar-refractivity contribution is 5.94. The van der Waals surface area contributed by atoms with E-state index in [-0.39, 0.29) is 42.3 Å². The summed E-state index contributed by atoms with van der Waals surface area (Å²) in [7, 11) is 1.85. The zero-order chi connectivity index (χ0) is 31.7. The Hall–Kier alpha value is -3.39. The largest absolute Gasteiger partial charge is 0.463 e. The highest BCUT2D eigenvalue weighted by Crippen LogP contribution is 2.46. The molecule has 6 rings (SSSR count). The van der Waals surface area contributed by atoms with Gasteiger partial charge < -0.3 is 25.6 Å². The molecule has 4 heterocycles. The van der Waals surface area contributed by atoms with Gasteiger partial charge in [-0.15, -0.1) is 0 Å². The number of piperazine rings is 1. The molecular formula is C30H33F7N6O. The number of aromatic nitrogens is 2. The number of nitrogens with two attached hydrogens (primary N) is 1. The minimum atomic E-state index is -5.15. The van der Waals surface area contributed by atoms with E-state index >= 15 is 17.6 Å². The standard InChI is InChI=1S/C30H33F7N6O/c1-14-8-19(38)24(33)22(23(14)30(35,36)37)21-18(31)9-17-26(25(21)34)40-28(44-13-29(2)12-42(3)7-6-20(29)32)41-27(17)43-10-15-4-5-16(11-43)39-15/h8-9,15-16,20,39H,4-7,10-13,38H2,1-3H3/t15-,16+,20-,29+/m1/s1. The molecule has 238 valence electrons. The van der Waals surface area contributed by atoms with Crippen molar-refractivity contribution < 1.29 is 35.5 Å². The summed E-state index contributed by atoms with van der Waals surface area (Å²) in [6.07, 6.45) is -4.29. The van der Waals surface area contributed by atoms with Gasteiger partial charge in [0.25, 0.3) is 0 Å². The Morgan fingerprint density at radius 1 is 1.05 bits per heavy atom. The Morgan fingerprint density at radius 2 is 1.73 bits per heavy atom. The molecule has 3 saturated heterocycles. The van der Waals surface area contributed by atoms with E-state index < -0.39 is 68.7 Å². The van der Waals surface area contributed by atoms with Crippen LogP contribution in [0.3, 0.4) is 0 Å². The zero-order valence-electron chi connectivity index (χ0n) is 24.5. The van der Waals surface area contributed by atoms with Crippen molar-refractivity contribution in [3.05, 3.63) is 40.7 Å². The van der Waals surface area contributed by atoms with Crippen LogP contribution in [0.1, 0.15) is 37.3 Å². The van der Waals surface area contributed by atoms with Gasteiger partial charge in [-0.2, -0.15) is 23.1 Å². The van der Waals surface area contributed by atoms with Crippen LogP contribution in [-0.4, -0.2) is 73.0 Å². The van der Waals surface area contributed by atoms with E-state index in [2.05, 4.69) is 15.3 Å². The Labute approximate surface area is 249 Å². The molecule has 3 aliphatic heterocycles. The molecule has 0 unspecified atom stereocenters. The molecule has 0 spiro atoms. The van der Waals surface area contributed by atoms with Crippen molar-refractivity contribution in [2.75, 3.05) is 50.5 Å². The minimum absolute atomic E-state index is 0.0970. The average Bonchev–Trinajstić information content (AvgIpc) is 3.28. The van der Waals surface area contributed by atoms with E-state index in [0.717, 1.165) is 31.9 Å². The smallest absolute Gasteiger partial charge is 0.417 e. The molecule has 2 aromatic carbocycles. The van der Waals surface area contributed by atoms with E-state index in [1.165, 1.54) is 0 Å². The second kappa shape index (κ2) is 10.9. The van der Waals surface area contributed by atoms with E-state index in [4.69, 9.17) is 10.5 Å². The lowest BCUT2D eigenvalue weighted by molar-refractivity contribution is -0.137. The number of hydrogen-bond donors (Lipinski definition) is 2. The predicted molar refractivity (Wildman–Crippen MR) is 152 cm³/mol. The van der Waals surface area contributed by atoms with E-state index in [0.29, 0.717) is 26.2 Å². The number of fused-ring (bicyclic) bond motifs is 3. The second-order valence-corrected chi connectivity index (χ2v) is 12.6. The number of hydrogen-bond acceptors (Lipinski definition) is 7. The number of anilines is 2. The van der Waals surface area contributed by atoms with Crippen LogP contribution in [0.15, 0.2) is 12.1 Å². The first-order chi connectivity index (χ1) is 20.7. The summed E-state index contributed by atoms with van der Waals surface area (Å²) < 4.78 is 111. The molecule has 2 bridgehead atoms. The third-order valence-electron chi connectivity index (χ3n) is 9.06. The number of nitrogen functional groups attached to an aromatic ring is 1. The Bertz CT molecular complexity index is 1610. The summed E-state index contributed by atoms with van der Waals surface area (Å²) in [4.78, 5) is 12.4. The van der Waals surface area contributed by atoms with Crippen molar-refractivity contribution in [2.45, 2.75) is 57.5 Å². The molecule has 0 radical (unpaired) electrons. The third kappa shape index (κ3) is 5.29. The molecule has 3 N–H and O–H groups in total. The van der Waals surface area contributed by atoms with Crippen LogP contribution in [0.4, 0.5) is 42.2 Å². The number of halogens is 7. The quantitative estimate of drug-likeness (QED) is 0.281. The molecular weight excluding hydrogens is 593 g/mol. The third-order valence-corrected chi connectivity index (χ3v) is 9.06. The number of piperidine rings is 1. The Balaban J connectivity index is 1.53. The molecule has 0 aliphatic carbocycles. The topological polar surface area (TPSA) is 79.5 Å². The number of ether oxygens (including phenoxy) is 1. The van der Waals surface area contributed by atoms with Gasteiger partial charge in [0.2, 0.25) is 0 Å². The maximum atomic E-state index is 16.4. The van der Waals surface area contributed by atoms with Crippen LogP contribution >= 0.6 is 0 Å². The Morgan fingerprint density at radius 3 is 2.39 bits per heavy atom. The first-order valence-electron chi connectivity index (χ1n) is 14.5. The summed E-state index contributed by atoms with van der Waals surface area (Å²) in [5.74, 6) is -4.43. The Kier molecular flexibility index (Phi) is 7.59. The number of benzene rings is 2. The summed E-state index contributed by atoms with van der Waals surface area (Å²) in [5, 5.41) is 3.34. The van der Waals surface area contributed by atoms with Crippen molar-refractivity contribution in [2.24, 2.45) is 5.41 Å². The van der Waals surface area contributed by atoms with Crippen molar-refractivity contribution in [1.29, 1.82) is 0 Å². The monoisotopic (exact) mass is 626 g/mol. The number of nitrogens with zero attached hydrogens (tertiary/aromatic N) is 4. The van der Waals surface area contributed by atoms with Gasteiger partial charge in [-0.1, -0.05) is 6.92 Å². The van der Waals surface area contributed by atoms with Crippen LogP contribution < -0.4 is 20.7 Å². The molecule has 4 atom stereocenters. The van der Waals surface area contributed by atoms with Gasteiger partial charge in [0.15, 0.2) is 11.6 Å². The molecule has 1 aromatic heterocycles. The van der Waals surface area contributed by atoms with Gasteiger partial charge in [0, 0.05) is 54.6 Å². The normalized spacial score (nSPS) is 26.0. The van der Waals surface area contributed by atoms with E-state index in [9.17, 15) is 13.2 Å². The molecule has 14 heteroatoms. The molecule has 3 aliphatic rings. The molecule has 0 saturated carbocycles. The lowest BCUT2D eigenvalue weighted by Gasteiger charge is -2.40. The van der Waals surface area contributed by atoms with Crippen LogP contribution in [0.2, 0.25) is 0 Å². The van der Waals surface area contributed by atoms with Gasteiger partial charge in [-0.25, -0.2) is 17.6 Å². The summed E-state index contributed by atoms with van der Waals surface area (Å²) >= 11 is 0. The maximum absolute atomic E-state index is 16.4. The number of aryl methyl sites for hydroxylation is 1. The highest BCUT2D eigenvalue weighted by Gasteiger charge is 2.42. The van der Waals surface area contributed by atoms with Crippen molar-refractivity contribution in [3.8, 4) is 17.1 Å². The zero-order valence-corrected chi connectivity index (χ0v) is 24.5. The average molecular weight is 627 g/mol. The molecule has 3 aromatic rings. The predicted octanol–water partition coefficient (Wildman–Crippen LogP) is 5.62. The fourth-order valence-electron chi connectivity index (χ4n) is 6.93. The number of likely N-dealkylation sites (tertiary alicyclic amines) is 1. The molecule has 3 fully saturated rings. The van der Waals surface area contributed by atoms with Gasteiger partial charge in [0.1, 0.15) is 29.9 Å². The van der Waals surface area contributed by atoms with Crippen LogP contribution in [0.5, 0.6) is 6.01 Å². The van der Waals surface area contributed by atoms with Gasteiger partial charge in [-0.05, 0) is 50.9 Å². The molecule has 44 heavy (non-hydrogen) atoms. The van der Waals surface area contributed by atoms with Crippen LogP contribution in [-0.2, 0) is 6.18 Å². The summed E-state index contributed by atoms with van der Waals surface area (Å²) in [6.45, 7) is 4.40. The first-order valence-corrected chi connectivity index (χ1v) is 14.5. The number of alkyl halides is 4. The lowest BCUT2D eigenvalue weighted by Crippen LogP contribution is -2.51. The van der Waals surface area contributed by atoms with Crippen molar-refractivity contribution in [3.63, 3.8) is 0 Å². The SMILES string of the molecule is Cc1cc(N)c(F)c(-c2c(F)cc3c(N4C[C@H]5CC[C@@H](C4)N5)nc(OC[C@]4(C)CN(C)CC[C@H]4F)nc3c2F)c1C(F)(F)F. The van der Waals surface area contributed by atoms with Gasteiger partial charge >= 0.3 is 12.2 Å². The summed E-state index contributed by atoms with van der Waals surface area (Å²) in [5.41, 5.74) is -1.21. The van der Waals surface area contributed by atoms with E-state index in [1.807, 2.05) is 16.8 Å². The lowest BCUT2D eigenvalue weighted by atomic mass is 9.81. The fraction of sp³-hybridized carbons (Fsp3) is 0.533.